The second kappa shape index (κ2) is 7.31. The van der Waals surface area contributed by atoms with Gasteiger partial charge in [-0.2, -0.15) is 15.0 Å². The monoisotopic (exact) mass is 375 g/mol. The number of benzene rings is 1. The number of pyridine rings is 1. The lowest BCUT2D eigenvalue weighted by molar-refractivity contribution is 0.0456. The number of nitrogens with zero attached hydrogens (tertiary/aromatic N) is 5. The summed E-state index contributed by atoms with van der Waals surface area (Å²) in [6.45, 7) is 1.81. The third kappa shape index (κ3) is 3.88. The number of para-hydroxylation sites is 1. The molecule has 0 saturated carbocycles. The molecule has 0 aliphatic carbocycles. The minimum absolute atomic E-state index is 0.0303. The minimum atomic E-state index is -0.571. The van der Waals surface area contributed by atoms with Crippen LogP contribution in [0.2, 0.25) is 0 Å². The number of carbonyl (C=O) groups excluding carboxylic acids is 1. The zero-order chi connectivity index (χ0) is 19.5. The molecule has 3 N–H and O–H groups in total. The average Bonchev–Trinajstić information content (AvgIpc) is 3.10. The van der Waals surface area contributed by atoms with Crippen LogP contribution in [0, 0.1) is 6.92 Å². The highest BCUT2D eigenvalue weighted by molar-refractivity contribution is 5.87. The Morgan fingerprint density at radius 1 is 1.14 bits per heavy atom. The number of ether oxygens (including phenoxy) is 1. The summed E-state index contributed by atoms with van der Waals surface area (Å²) >= 11 is 0. The first kappa shape index (κ1) is 17.4. The molecule has 4 rings (SSSR count). The van der Waals surface area contributed by atoms with E-state index in [4.69, 9.17) is 10.5 Å². The molecule has 0 bridgehead atoms. The highest BCUT2D eigenvalue weighted by Gasteiger charge is 2.14. The van der Waals surface area contributed by atoms with Gasteiger partial charge in [0.2, 0.25) is 11.9 Å². The lowest BCUT2D eigenvalue weighted by Gasteiger charge is -2.07. The van der Waals surface area contributed by atoms with E-state index in [0.717, 1.165) is 11.3 Å². The van der Waals surface area contributed by atoms with Crippen LogP contribution in [0.15, 0.2) is 54.9 Å². The number of nitrogens with two attached hydrogens (primary N) is 1. The minimum Gasteiger partial charge on any atom is -0.453 e. The van der Waals surface area contributed by atoms with Crippen molar-refractivity contribution < 1.29 is 9.53 Å². The predicted molar refractivity (Wildman–Crippen MR) is 103 cm³/mol. The van der Waals surface area contributed by atoms with Crippen LogP contribution >= 0.6 is 0 Å². The number of nitrogens with one attached hydrogen (secondary N) is 1. The molecule has 4 aromatic rings. The van der Waals surface area contributed by atoms with Crippen LogP contribution in [0.25, 0.3) is 5.65 Å². The second-order valence-corrected chi connectivity index (χ2v) is 6.10. The Morgan fingerprint density at radius 2 is 1.96 bits per heavy atom. The fraction of sp³-hybridized carbons (Fsp3) is 0.105. The first-order chi connectivity index (χ1) is 13.6. The molecule has 0 unspecified atom stereocenters. The highest BCUT2D eigenvalue weighted by atomic mass is 16.5. The van der Waals surface area contributed by atoms with Gasteiger partial charge in [-0.05, 0) is 36.8 Å². The van der Waals surface area contributed by atoms with E-state index in [-0.39, 0.29) is 30.0 Å². The van der Waals surface area contributed by atoms with Crippen molar-refractivity contribution in [2.24, 2.45) is 0 Å². The van der Waals surface area contributed by atoms with Crippen molar-refractivity contribution in [2.45, 2.75) is 13.5 Å². The molecule has 0 fully saturated rings. The summed E-state index contributed by atoms with van der Waals surface area (Å²) in [6, 6.07) is 13.2. The quantitative estimate of drug-likeness (QED) is 0.511. The number of hydrogen-bond donors (Lipinski definition) is 2. The number of imidazole rings is 1. The fourth-order valence-corrected chi connectivity index (χ4v) is 2.60. The molecule has 140 valence electrons. The lowest BCUT2D eigenvalue weighted by Crippen LogP contribution is -2.11. The van der Waals surface area contributed by atoms with Gasteiger partial charge in [-0.25, -0.2) is 9.78 Å². The van der Waals surface area contributed by atoms with Gasteiger partial charge in [0.25, 0.3) is 0 Å². The van der Waals surface area contributed by atoms with E-state index < -0.39 is 5.97 Å². The number of nitrogen functional groups attached to an aromatic ring is 1. The maximum absolute atomic E-state index is 12.3. The van der Waals surface area contributed by atoms with Crippen molar-refractivity contribution in [1.29, 1.82) is 0 Å². The summed E-state index contributed by atoms with van der Waals surface area (Å²) in [4.78, 5) is 28.9. The second-order valence-electron chi connectivity index (χ2n) is 6.10. The van der Waals surface area contributed by atoms with Gasteiger partial charge in [0.15, 0.2) is 18.1 Å². The molecule has 0 saturated heterocycles. The standard InChI is InChI=1S/C19H17N7O2/c1-12-7-8-26-10-14(22-16(26)9-12)17(27)28-11-15-23-18(20)25-19(24-15)21-13-5-3-2-4-6-13/h2-10H,11H2,1H3,(H3,20,21,23,24,25). The Morgan fingerprint density at radius 3 is 2.79 bits per heavy atom. The summed E-state index contributed by atoms with van der Waals surface area (Å²) in [6.07, 6.45) is 3.45. The van der Waals surface area contributed by atoms with Gasteiger partial charge in [-0.15, -0.1) is 0 Å². The van der Waals surface area contributed by atoms with Crippen LogP contribution in [0.4, 0.5) is 17.6 Å². The zero-order valence-electron chi connectivity index (χ0n) is 15.0. The van der Waals surface area contributed by atoms with Gasteiger partial charge in [0, 0.05) is 18.1 Å². The first-order valence-electron chi connectivity index (χ1n) is 8.52. The summed E-state index contributed by atoms with van der Waals surface area (Å²) < 4.78 is 7.04. The van der Waals surface area contributed by atoms with E-state index in [2.05, 4.69) is 25.3 Å². The number of rotatable bonds is 5. The molecule has 0 radical (unpaired) electrons. The number of aromatic nitrogens is 5. The molecular weight excluding hydrogens is 358 g/mol. The summed E-state index contributed by atoms with van der Waals surface area (Å²) in [5.74, 6) is -0.0348. The Hall–Kier alpha value is -4.01. The molecule has 3 heterocycles. The average molecular weight is 375 g/mol. The number of esters is 1. The Labute approximate surface area is 160 Å². The highest BCUT2D eigenvalue weighted by Crippen LogP contribution is 2.14. The third-order valence-corrected chi connectivity index (χ3v) is 3.89. The van der Waals surface area contributed by atoms with Gasteiger partial charge in [-0.1, -0.05) is 18.2 Å². The van der Waals surface area contributed by atoms with E-state index in [1.54, 1.807) is 10.6 Å². The van der Waals surface area contributed by atoms with E-state index >= 15 is 0 Å². The van der Waals surface area contributed by atoms with Gasteiger partial charge in [0.05, 0.1) is 0 Å². The molecule has 0 aliphatic heterocycles. The lowest BCUT2D eigenvalue weighted by atomic mass is 10.3. The van der Waals surface area contributed by atoms with E-state index in [9.17, 15) is 4.79 Å². The van der Waals surface area contributed by atoms with Crippen molar-refractivity contribution in [3.05, 3.63) is 71.9 Å². The largest absolute Gasteiger partial charge is 0.453 e. The van der Waals surface area contributed by atoms with Crippen molar-refractivity contribution in [3.8, 4) is 0 Å². The van der Waals surface area contributed by atoms with Gasteiger partial charge >= 0.3 is 5.97 Å². The molecule has 0 spiro atoms. The number of carbonyl (C=O) groups is 1. The number of hydrogen-bond acceptors (Lipinski definition) is 8. The molecule has 3 aromatic heterocycles. The SMILES string of the molecule is Cc1ccn2cc(C(=O)OCc3nc(N)nc(Nc4ccccc4)n3)nc2c1. The van der Waals surface area contributed by atoms with Crippen LogP contribution in [0.3, 0.4) is 0 Å². The normalized spacial score (nSPS) is 10.8. The Bertz CT molecular complexity index is 1140. The van der Waals surface area contributed by atoms with Crippen molar-refractivity contribution >= 4 is 29.2 Å². The topological polar surface area (TPSA) is 120 Å². The Balaban J connectivity index is 1.47. The molecule has 0 atom stereocenters. The smallest absolute Gasteiger partial charge is 0.359 e. The maximum atomic E-state index is 12.3. The number of fused-ring (bicyclic) bond motifs is 1. The van der Waals surface area contributed by atoms with Crippen molar-refractivity contribution in [3.63, 3.8) is 0 Å². The predicted octanol–water partition coefficient (Wildman–Crippen LogP) is 2.51. The number of anilines is 3. The molecule has 9 heteroatoms. The molecular formula is C19H17N7O2. The molecule has 28 heavy (non-hydrogen) atoms. The van der Waals surface area contributed by atoms with E-state index in [0.29, 0.717) is 5.65 Å². The molecule has 0 aliphatic rings. The summed E-state index contributed by atoms with van der Waals surface area (Å²) in [5.41, 5.74) is 8.47. The van der Waals surface area contributed by atoms with Gasteiger partial charge in [0.1, 0.15) is 5.65 Å². The van der Waals surface area contributed by atoms with Crippen LogP contribution < -0.4 is 11.1 Å². The van der Waals surface area contributed by atoms with Crippen molar-refractivity contribution in [1.82, 2.24) is 24.3 Å². The molecule has 0 amide bonds. The first-order valence-corrected chi connectivity index (χ1v) is 8.52. The van der Waals surface area contributed by atoms with E-state index in [1.165, 1.54) is 0 Å². The van der Waals surface area contributed by atoms with Crippen LogP contribution in [-0.2, 0) is 11.3 Å². The summed E-state index contributed by atoms with van der Waals surface area (Å²) in [7, 11) is 0. The Kier molecular flexibility index (Phi) is 4.55. The van der Waals surface area contributed by atoms with Crippen LogP contribution in [0.1, 0.15) is 21.9 Å². The summed E-state index contributed by atoms with van der Waals surface area (Å²) in [5, 5.41) is 3.03. The van der Waals surface area contributed by atoms with Crippen LogP contribution in [0.5, 0.6) is 0 Å². The molecule has 9 nitrogen and oxygen atoms in total. The van der Waals surface area contributed by atoms with Crippen LogP contribution in [-0.4, -0.2) is 30.3 Å². The third-order valence-electron chi connectivity index (χ3n) is 3.89. The van der Waals surface area contributed by atoms with E-state index in [1.807, 2.05) is 55.6 Å². The number of aryl methyl sites for hydroxylation is 1. The van der Waals surface area contributed by atoms with Gasteiger partial charge < -0.3 is 20.2 Å². The zero-order valence-corrected chi connectivity index (χ0v) is 15.0. The fourth-order valence-electron chi connectivity index (χ4n) is 2.60. The van der Waals surface area contributed by atoms with Gasteiger partial charge in [-0.3, -0.25) is 0 Å². The van der Waals surface area contributed by atoms with Crippen molar-refractivity contribution in [2.75, 3.05) is 11.1 Å². The molecule has 1 aromatic carbocycles. The maximum Gasteiger partial charge on any atom is 0.359 e.